The molecule has 3 aromatic heterocycles. The van der Waals surface area contributed by atoms with Crippen LogP contribution in [0, 0.1) is 6.92 Å². The van der Waals surface area contributed by atoms with Crippen LogP contribution in [0.25, 0.3) is 0 Å². The lowest BCUT2D eigenvalue weighted by Gasteiger charge is -2.09. The second-order valence-electron chi connectivity index (χ2n) is 6.05. The number of amides is 1. The average molecular weight is 398 g/mol. The lowest BCUT2D eigenvalue weighted by molar-refractivity contribution is 0.0959. The molecule has 0 atom stereocenters. The van der Waals surface area contributed by atoms with Crippen LogP contribution < -0.4 is 16.0 Å². The number of aromatic nitrogens is 4. The van der Waals surface area contributed by atoms with Crippen LogP contribution in [0.15, 0.2) is 30.6 Å². The van der Waals surface area contributed by atoms with Crippen LogP contribution >= 0.6 is 11.3 Å². The fraction of sp³-hybridized carbons (Fsp3) is 0.316. The first-order valence-corrected chi connectivity index (χ1v) is 9.94. The molecule has 0 unspecified atom stereocenters. The van der Waals surface area contributed by atoms with E-state index in [-0.39, 0.29) is 5.91 Å². The zero-order valence-electron chi connectivity index (χ0n) is 16.1. The molecule has 0 spiro atoms. The van der Waals surface area contributed by atoms with E-state index in [0.717, 1.165) is 23.5 Å². The van der Waals surface area contributed by atoms with Crippen molar-refractivity contribution in [1.29, 1.82) is 0 Å². The van der Waals surface area contributed by atoms with Crippen LogP contribution in [0.3, 0.4) is 0 Å². The van der Waals surface area contributed by atoms with Crippen molar-refractivity contribution >= 4 is 34.1 Å². The predicted octanol–water partition coefficient (Wildman–Crippen LogP) is 3.30. The van der Waals surface area contributed by atoms with E-state index in [4.69, 9.17) is 0 Å². The summed E-state index contributed by atoms with van der Waals surface area (Å²) >= 11 is 1.29. The summed E-state index contributed by atoms with van der Waals surface area (Å²) in [5.41, 5.74) is 2.65. The number of thiazole rings is 1. The summed E-state index contributed by atoms with van der Waals surface area (Å²) in [5, 5.41) is 9.81. The molecule has 0 bridgehead atoms. The Hall–Kier alpha value is -3.07. The highest BCUT2D eigenvalue weighted by atomic mass is 32.1. The van der Waals surface area contributed by atoms with Crippen LogP contribution in [0.1, 0.15) is 40.5 Å². The molecule has 9 heteroatoms. The molecule has 0 aliphatic rings. The number of aryl methyl sites for hydroxylation is 2. The first-order chi connectivity index (χ1) is 13.6. The summed E-state index contributed by atoms with van der Waals surface area (Å²) in [5.74, 6) is 1.05. The quantitative estimate of drug-likeness (QED) is 0.535. The maximum absolute atomic E-state index is 12.1. The molecule has 0 aliphatic carbocycles. The summed E-state index contributed by atoms with van der Waals surface area (Å²) in [6.45, 7) is 6.93. The van der Waals surface area contributed by atoms with Gasteiger partial charge in [-0.25, -0.2) is 9.97 Å². The number of carbonyl (C=O) groups is 1. The van der Waals surface area contributed by atoms with Gasteiger partial charge < -0.3 is 10.6 Å². The number of nitrogens with one attached hydrogen (secondary N) is 3. The zero-order chi connectivity index (χ0) is 19.9. The molecule has 8 nitrogen and oxygen atoms in total. The van der Waals surface area contributed by atoms with Crippen molar-refractivity contribution in [2.24, 2.45) is 0 Å². The van der Waals surface area contributed by atoms with Gasteiger partial charge in [-0.05, 0) is 31.9 Å². The van der Waals surface area contributed by atoms with Gasteiger partial charge in [-0.3, -0.25) is 15.1 Å². The van der Waals surface area contributed by atoms with Gasteiger partial charge in [-0.2, -0.15) is 4.98 Å². The third kappa shape index (κ3) is 5.01. The second-order valence-corrected chi connectivity index (χ2v) is 7.05. The fourth-order valence-corrected chi connectivity index (χ4v) is 3.39. The molecule has 0 radical (unpaired) electrons. The normalized spacial score (nSPS) is 10.5. The van der Waals surface area contributed by atoms with Crippen LogP contribution in [0.2, 0.25) is 0 Å². The highest BCUT2D eigenvalue weighted by Crippen LogP contribution is 2.25. The molecular formula is C19H23N7OS. The van der Waals surface area contributed by atoms with E-state index in [9.17, 15) is 4.79 Å². The molecule has 146 valence electrons. The number of rotatable bonds is 8. The highest BCUT2D eigenvalue weighted by Gasteiger charge is 2.15. The predicted molar refractivity (Wildman–Crippen MR) is 111 cm³/mol. The Labute approximate surface area is 167 Å². The lowest BCUT2D eigenvalue weighted by atomic mass is 10.3. The number of hydrogen-bond acceptors (Lipinski definition) is 8. The summed E-state index contributed by atoms with van der Waals surface area (Å²) in [6, 6.07) is 5.83. The topological polar surface area (TPSA) is 105 Å². The smallest absolute Gasteiger partial charge is 0.263 e. The maximum Gasteiger partial charge on any atom is 0.263 e. The molecule has 28 heavy (non-hydrogen) atoms. The minimum absolute atomic E-state index is 0.118. The summed E-state index contributed by atoms with van der Waals surface area (Å²) in [6.07, 6.45) is 4.34. The average Bonchev–Trinajstić information content (AvgIpc) is 3.07. The van der Waals surface area contributed by atoms with Gasteiger partial charge in [-0.15, -0.1) is 0 Å². The third-order valence-corrected chi connectivity index (χ3v) is 4.97. The van der Waals surface area contributed by atoms with E-state index < -0.39 is 0 Å². The third-order valence-electron chi connectivity index (χ3n) is 3.90. The monoisotopic (exact) mass is 397 g/mol. The molecule has 0 fully saturated rings. The number of carbonyl (C=O) groups excluding carboxylic acids is 1. The minimum atomic E-state index is -0.118. The van der Waals surface area contributed by atoms with Crippen LogP contribution in [-0.4, -0.2) is 32.4 Å². The van der Waals surface area contributed by atoms with Gasteiger partial charge in [0.15, 0.2) is 5.13 Å². The minimum Gasteiger partial charge on any atom is -0.366 e. The van der Waals surface area contributed by atoms with E-state index in [0.29, 0.717) is 34.7 Å². The molecule has 1 amide bonds. The first-order valence-electron chi connectivity index (χ1n) is 9.12. The Morgan fingerprint density at radius 2 is 2.07 bits per heavy atom. The summed E-state index contributed by atoms with van der Waals surface area (Å²) in [4.78, 5) is 30.3. The van der Waals surface area contributed by atoms with Gasteiger partial charge in [0.05, 0.1) is 5.69 Å². The zero-order valence-corrected chi connectivity index (χ0v) is 16.9. The van der Waals surface area contributed by atoms with Gasteiger partial charge in [0, 0.05) is 37.2 Å². The molecule has 3 rings (SSSR count). The lowest BCUT2D eigenvalue weighted by Crippen LogP contribution is -2.22. The summed E-state index contributed by atoms with van der Waals surface area (Å²) < 4.78 is 0. The van der Waals surface area contributed by atoms with Crippen molar-refractivity contribution in [2.75, 3.05) is 17.2 Å². The number of hydrogen-bond donors (Lipinski definition) is 3. The first kappa shape index (κ1) is 19.7. The molecule has 3 N–H and O–H groups in total. The van der Waals surface area contributed by atoms with Crippen molar-refractivity contribution in [3.63, 3.8) is 0 Å². The van der Waals surface area contributed by atoms with Crippen LogP contribution in [0.5, 0.6) is 0 Å². The van der Waals surface area contributed by atoms with Gasteiger partial charge >= 0.3 is 0 Å². The van der Waals surface area contributed by atoms with E-state index in [1.54, 1.807) is 6.20 Å². The van der Waals surface area contributed by atoms with Crippen molar-refractivity contribution in [1.82, 2.24) is 25.3 Å². The van der Waals surface area contributed by atoms with E-state index in [2.05, 4.69) is 35.9 Å². The Morgan fingerprint density at radius 3 is 2.79 bits per heavy atom. The van der Waals surface area contributed by atoms with Gasteiger partial charge in [0.1, 0.15) is 10.7 Å². The Balaban J connectivity index is 1.76. The SMILES string of the molecule is CCNC(=O)c1sc(Nc2nc(CC)cc(NCc3cccnc3)n2)nc1C. The second kappa shape index (κ2) is 9.23. The molecule has 0 saturated heterocycles. The van der Waals surface area contributed by atoms with E-state index in [1.165, 1.54) is 11.3 Å². The highest BCUT2D eigenvalue weighted by molar-refractivity contribution is 7.17. The fourth-order valence-electron chi connectivity index (χ4n) is 2.52. The number of nitrogens with zero attached hydrogens (tertiary/aromatic N) is 4. The number of anilines is 3. The Morgan fingerprint density at radius 1 is 1.21 bits per heavy atom. The molecular weight excluding hydrogens is 374 g/mol. The van der Waals surface area contributed by atoms with Crippen LogP contribution in [-0.2, 0) is 13.0 Å². The standard InChI is InChI=1S/C19H23N7OS/c1-4-14-9-15(22-11-13-7-6-8-20-10-13)25-18(24-14)26-19-23-12(3)16(28-19)17(27)21-5-2/h6-10H,4-5,11H2,1-3H3,(H,21,27)(H2,22,23,24,25,26). The Kier molecular flexibility index (Phi) is 6.49. The van der Waals surface area contributed by atoms with Gasteiger partial charge in [-0.1, -0.05) is 24.3 Å². The van der Waals surface area contributed by atoms with Gasteiger partial charge in [0.25, 0.3) is 5.91 Å². The number of pyridine rings is 1. The molecule has 3 heterocycles. The maximum atomic E-state index is 12.1. The van der Waals surface area contributed by atoms with E-state index >= 15 is 0 Å². The molecule has 0 aliphatic heterocycles. The largest absolute Gasteiger partial charge is 0.366 e. The van der Waals surface area contributed by atoms with Crippen molar-refractivity contribution in [3.05, 3.63) is 52.4 Å². The molecule has 3 aromatic rings. The van der Waals surface area contributed by atoms with Gasteiger partial charge in [0.2, 0.25) is 5.95 Å². The molecule has 0 aromatic carbocycles. The van der Waals surface area contributed by atoms with Crippen LogP contribution in [0.4, 0.5) is 16.9 Å². The van der Waals surface area contributed by atoms with E-state index in [1.807, 2.05) is 45.2 Å². The van der Waals surface area contributed by atoms with Crippen molar-refractivity contribution in [2.45, 2.75) is 33.7 Å². The van der Waals surface area contributed by atoms with Crippen molar-refractivity contribution < 1.29 is 4.79 Å². The van der Waals surface area contributed by atoms with Crippen molar-refractivity contribution in [3.8, 4) is 0 Å². The summed E-state index contributed by atoms with van der Waals surface area (Å²) in [7, 11) is 0. The molecule has 0 saturated carbocycles. The Bertz CT molecular complexity index is 943.